The maximum atomic E-state index is 13.4. The number of aromatic nitrogens is 3. The third-order valence-corrected chi connectivity index (χ3v) is 3.91. The zero-order chi connectivity index (χ0) is 14.3. The number of benzene rings is 1. The second-order valence-corrected chi connectivity index (χ2v) is 5.98. The molecule has 0 bridgehead atoms. The molecule has 0 amide bonds. The van der Waals surface area contributed by atoms with Gasteiger partial charge in [0.1, 0.15) is 11.6 Å². The van der Waals surface area contributed by atoms with Crippen LogP contribution in [-0.2, 0) is 6.54 Å². The number of thiazole rings is 1. The van der Waals surface area contributed by atoms with E-state index in [1.165, 1.54) is 12.1 Å². The molecule has 1 aromatic carbocycles. The van der Waals surface area contributed by atoms with Gasteiger partial charge in [0.25, 0.3) is 0 Å². The molecule has 1 N–H and O–H groups in total. The molecule has 3 rings (SSSR count). The predicted molar refractivity (Wildman–Crippen MR) is 78.0 cm³/mol. The number of nitrogens with zero attached hydrogens (tertiary/aromatic N) is 2. The van der Waals surface area contributed by atoms with E-state index in [9.17, 15) is 9.18 Å². The number of rotatable bonds is 3. The molecule has 1 unspecified atom stereocenters. The summed E-state index contributed by atoms with van der Waals surface area (Å²) in [5, 5.41) is 1.44. The van der Waals surface area contributed by atoms with Crippen molar-refractivity contribution in [2.75, 3.05) is 0 Å². The lowest BCUT2D eigenvalue weighted by Crippen LogP contribution is -2.07. The summed E-state index contributed by atoms with van der Waals surface area (Å²) >= 11 is 7.24. The third-order valence-electron chi connectivity index (χ3n) is 2.99. The number of fused-ring (bicyclic) bond motifs is 1. The van der Waals surface area contributed by atoms with Crippen LogP contribution in [0.3, 0.4) is 0 Å². The summed E-state index contributed by atoms with van der Waals surface area (Å²) in [6, 6.07) is 4.42. The van der Waals surface area contributed by atoms with E-state index in [-0.39, 0.29) is 16.1 Å². The van der Waals surface area contributed by atoms with Crippen LogP contribution in [0.5, 0.6) is 0 Å². The van der Waals surface area contributed by atoms with Crippen molar-refractivity contribution >= 4 is 34.0 Å². The van der Waals surface area contributed by atoms with Crippen LogP contribution in [0.4, 0.5) is 4.39 Å². The molecule has 0 aliphatic rings. The van der Waals surface area contributed by atoms with E-state index in [0.717, 1.165) is 17.0 Å². The van der Waals surface area contributed by atoms with Crippen molar-refractivity contribution < 1.29 is 4.39 Å². The van der Waals surface area contributed by atoms with Gasteiger partial charge in [-0.3, -0.25) is 4.79 Å². The van der Waals surface area contributed by atoms with Gasteiger partial charge in [0.05, 0.1) is 23.0 Å². The summed E-state index contributed by atoms with van der Waals surface area (Å²) in [5.74, 6) is 0.325. The van der Waals surface area contributed by atoms with Crippen LogP contribution >= 0.6 is 22.9 Å². The number of hydrogen-bond acceptors (Lipinski definition) is 3. The Hall–Kier alpha value is -1.66. The Bertz CT molecular complexity index is 820. The first-order chi connectivity index (χ1) is 9.54. The monoisotopic (exact) mass is 311 g/mol. The van der Waals surface area contributed by atoms with Crippen LogP contribution in [0.25, 0.3) is 11.0 Å². The standard InChI is InChI=1S/C13H11ClFN3OS/c1-7(14)12-17-10-3-2-8(15)4-11(10)18(12)5-9-6-20-13(19)16-9/h2-4,6-7H,5H2,1H3,(H,16,19). The molecular weight excluding hydrogens is 301 g/mol. The van der Waals surface area contributed by atoms with Crippen molar-refractivity contribution in [3.8, 4) is 0 Å². The average Bonchev–Trinajstić information content (AvgIpc) is 2.95. The molecule has 104 valence electrons. The SMILES string of the molecule is CC(Cl)c1nc2ccc(F)cc2n1Cc1csc(=O)[nH]1. The van der Waals surface area contributed by atoms with Crippen molar-refractivity contribution in [3.05, 3.63) is 50.6 Å². The lowest BCUT2D eigenvalue weighted by molar-refractivity contribution is 0.628. The Morgan fingerprint density at radius 3 is 3.00 bits per heavy atom. The van der Waals surface area contributed by atoms with Gasteiger partial charge in [0, 0.05) is 11.1 Å². The predicted octanol–water partition coefficient (Wildman–Crippen LogP) is 3.27. The number of H-pyrrole nitrogens is 1. The first-order valence-corrected chi connectivity index (χ1v) is 7.32. The van der Waals surface area contributed by atoms with Gasteiger partial charge in [0.2, 0.25) is 0 Å². The Morgan fingerprint density at radius 1 is 1.55 bits per heavy atom. The maximum absolute atomic E-state index is 13.4. The molecule has 0 spiro atoms. The molecule has 0 radical (unpaired) electrons. The maximum Gasteiger partial charge on any atom is 0.304 e. The fraction of sp³-hybridized carbons (Fsp3) is 0.231. The van der Waals surface area contributed by atoms with Gasteiger partial charge < -0.3 is 9.55 Å². The summed E-state index contributed by atoms with van der Waals surface area (Å²) in [5.41, 5.74) is 2.10. The Labute approximate surface area is 122 Å². The first-order valence-electron chi connectivity index (χ1n) is 6.01. The van der Waals surface area contributed by atoms with Crippen LogP contribution in [0.1, 0.15) is 23.8 Å². The van der Waals surface area contributed by atoms with Crippen molar-refractivity contribution in [1.82, 2.24) is 14.5 Å². The van der Waals surface area contributed by atoms with Gasteiger partial charge in [-0.2, -0.15) is 0 Å². The minimum atomic E-state index is -0.328. The average molecular weight is 312 g/mol. The van der Waals surface area contributed by atoms with Gasteiger partial charge in [0.15, 0.2) is 0 Å². The van der Waals surface area contributed by atoms with E-state index < -0.39 is 0 Å². The van der Waals surface area contributed by atoms with Crippen molar-refractivity contribution in [2.45, 2.75) is 18.8 Å². The normalized spacial score (nSPS) is 12.9. The van der Waals surface area contributed by atoms with Crippen LogP contribution in [0.2, 0.25) is 0 Å². The quantitative estimate of drug-likeness (QED) is 0.755. The smallest absolute Gasteiger partial charge is 0.304 e. The lowest BCUT2D eigenvalue weighted by atomic mass is 10.3. The van der Waals surface area contributed by atoms with E-state index in [1.807, 2.05) is 11.5 Å². The second-order valence-electron chi connectivity index (χ2n) is 4.48. The fourth-order valence-corrected chi connectivity index (χ4v) is 2.89. The van der Waals surface area contributed by atoms with E-state index >= 15 is 0 Å². The first kappa shape index (κ1) is 13.3. The number of alkyl halides is 1. The summed E-state index contributed by atoms with van der Waals surface area (Å²) in [7, 11) is 0. The van der Waals surface area contributed by atoms with E-state index in [1.54, 1.807) is 11.4 Å². The van der Waals surface area contributed by atoms with E-state index in [2.05, 4.69) is 9.97 Å². The highest BCUT2D eigenvalue weighted by molar-refractivity contribution is 7.07. The number of imidazole rings is 1. The van der Waals surface area contributed by atoms with Crippen molar-refractivity contribution in [2.24, 2.45) is 0 Å². The molecule has 7 heteroatoms. The fourth-order valence-electron chi connectivity index (χ4n) is 2.15. The van der Waals surface area contributed by atoms with Crippen molar-refractivity contribution in [1.29, 1.82) is 0 Å². The lowest BCUT2D eigenvalue weighted by Gasteiger charge is -2.09. The number of hydrogen-bond donors (Lipinski definition) is 1. The molecule has 4 nitrogen and oxygen atoms in total. The van der Waals surface area contributed by atoms with Crippen LogP contribution in [0, 0.1) is 5.82 Å². The van der Waals surface area contributed by atoms with Gasteiger partial charge in [-0.1, -0.05) is 11.3 Å². The Balaban J connectivity index is 2.17. The third kappa shape index (κ3) is 2.36. The van der Waals surface area contributed by atoms with Gasteiger partial charge in [-0.05, 0) is 25.1 Å². The minimum absolute atomic E-state index is 0.115. The Morgan fingerprint density at radius 2 is 2.35 bits per heavy atom. The van der Waals surface area contributed by atoms with Crippen LogP contribution in [0.15, 0.2) is 28.4 Å². The minimum Gasteiger partial charge on any atom is -0.321 e. The molecule has 3 aromatic rings. The molecule has 2 aromatic heterocycles. The molecular formula is C13H11ClFN3OS. The molecule has 0 aliphatic heterocycles. The summed E-state index contributed by atoms with van der Waals surface area (Å²) in [6.07, 6.45) is 0. The molecule has 0 saturated heterocycles. The summed E-state index contributed by atoms with van der Waals surface area (Å²) < 4.78 is 15.3. The molecule has 0 fully saturated rings. The number of halogens is 2. The molecule has 20 heavy (non-hydrogen) atoms. The molecule has 0 saturated carbocycles. The zero-order valence-electron chi connectivity index (χ0n) is 10.6. The summed E-state index contributed by atoms with van der Waals surface area (Å²) in [4.78, 5) is 18.3. The van der Waals surface area contributed by atoms with Crippen LogP contribution < -0.4 is 4.87 Å². The van der Waals surface area contributed by atoms with Crippen LogP contribution in [-0.4, -0.2) is 14.5 Å². The Kier molecular flexibility index (Phi) is 3.35. The second kappa shape index (κ2) is 5.03. The van der Waals surface area contributed by atoms with E-state index in [4.69, 9.17) is 11.6 Å². The van der Waals surface area contributed by atoms with Gasteiger partial charge in [-0.15, -0.1) is 11.6 Å². The zero-order valence-corrected chi connectivity index (χ0v) is 12.1. The highest BCUT2D eigenvalue weighted by Crippen LogP contribution is 2.25. The highest BCUT2D eigenvalue weighted by Gasteiger charge is 2.16. The molecule has 1 atom stereocenters. The van der Waals surface area contributed by atoms with Gasteiger partial charge >= 0.3 is 4.87 Å². The number of aromatic amines is 1. The number of nitrogens with one attached hydrogen (secondary N) is 1. The van der Waals surface area contributed by atoms with E-state index in [0.29, 0.717) is 23.4 Å². The largest absolute Gasteiger partial charge is 0.321 e. The van der Waals surface area contributed by atoms with Gasteiger partial charge in [-0.25, -0.2) is 9.37 Å². The molecule has 0 aliphatic carbocycles. The molecule has 2 heterocycles. The summed E-state index contributed by atoms with van der Waals surface area (Å²) in [6.45, 7) is 2.22. The topological polar surface area (TPSA) is 50.7 Å². The highest BCUT2D eigenvalue weighted by atomic mass is 35.5. The van der Waals surface area contributed by atoms with Crippen molar-refractivity contribution in [3.63, 3.8) is 0 Å².